The number of piperidine rings is 1. The van der Waals surface area contributed by atoms with E-state index in [9.17, 15) is 14.0 Å². The summed E-state index contributed by atoms with van der Waals surface area (Å²) in [4.78, 5) is 37.3. The third kappa shape index (κ3) is 4.71. The molecule has 8 heteroatoms. The first-order chi connectivity index (χ1) is 15.5. The highest BCUT2D eigenvalue weighted by molar-refractivity contribution is 5.94. The number of carbonyl (C=O) groups excluding carboxylic acids is 1. The van der Waals surface area contributed by atoms with Gasteiger partial charge in [-0.1, -0.05) is 12.1 Å². The summed E-state index contributed by atoms with van der Waals surface area (Å²) in [6, 6.07) is 10.8. The standard InChI is InChI=1S/C24H27FN4O3/c1-3-32-27-23(30)18-6-4-16(2)22(13-18)29-15-26-21-7-5-17(12-20(21)24(29)31)14-28-10-8-19(25)9-11-28/h4-7,12-13,15,19H,3,8-11,14H2,1-2H3,(H,27,30). The van der Waals surface area contributed by atoms with Crippen LogP contribution in [0.25, 0.3) is 16.6 Å². The molecule has 1 aromatic heterocycles. The fourth-order valence-electron chi connectivity index (χ4n) is 3.96. The average molecular weight is 439 g/mol. The number of hydrogen-bond donors (Lipinski definition) is 1. The number of carbonyl (C=O) groups is 1. The van der Waals surface area contributed by atoms with E-state index in [2.05, 4.69) is 15.4 Å². The van der Waals surface area contributed by atoms with Crippen molar-refractivity contribution in [2.75, 3.05) is 19.7 Å². The minimum absolute atomic E-state index is 0.204. The van der Waals surface area contributed by atoms with Crippen molar-refractivity contribution < 1.29 is 14.0 Å². The topological polar surface area (TPSA) is 76.5 Å². The third-order valence-electron chi connectivity index (χ3n) is 5.79. The fraction of sp³-hybridized carbons (Fsp3) is 0.375. The number of fused-ring (bicyclic) bond motifs is 1. The van der Waals surface area contributed by atoms with Crippen LogP contribution in [0, 0.1) is 6.92 Å². The summed E-state index contributed by atoms with van der Waals surface area (Å²) < 4.78 is 14.9. The molecule has 7 nitrogen and oxygen atoms in total. The molecule has 3 aromatic rings. The SMILES string of the molecule is CCONC(=O)c1ccc(C)c(-n2cnc3ccc(CN4CCC(F)CC4)cc3c2=O)c1. The van der Waals surface area contributed by atoms with E-state index in [1.54, 1.807) is 25.1 Å². The maximum atomic E-state index is 13.4. The molecule has 0 radical (unpaired) electrons. The first-order valence-electron chi connectivity index (χ1n) is 10.9. The highest BCUT2D eigenvalue weighted by atomic mass is 19.1. The van der Waals surface area contributed by atoms with E-state index in [0.717, 1.165) is 11.1 Å². The molecule has 0 bridgehead atoms. The van der Waals surface area contributed by atoms with Crippen molar-refractivity contribution in [2.24, 2.45) is 0 Å². The number of aryl methyl sites for hydroxylation is 1. The highest BCUT2D eigenvalue weighted by Crippen LogP contribution is 2.19. The number of hydrogen-bond acceptors (Lipinski definition) is 5. The van der Waals surface area contributed by atoms with Gasteiger partial charge in [0.1, 0.15) is 12.5 Å². The molecule has 1 amide bonds. The van der Waals surface area contributed by atoms with Gasteiger partial charge in [-0.2, -0.15) is 0 Å². The van der Waals surface area contributed by atoms with Crippen LogP contribution >= 0.6 is 0 Å². The number of halogens is 1. The number of rotatable bonds is 6. The molecule has 1 saturated heterocycles. The van der Waals surface area contributed by atoms with Crippen molar-refractivity contribution in [3.8, 4) is 5.69 Å². The average Bonchev–Trinajstić information content (AvgIpc) is 2.80. The minimum Gasteiger partial charge on any atom is -0.299 e. The second-order valence-corrected chi connectivity index (χ2v) is 8.09. The Labute approximate surface area is 185 Å². The Balaban J connectivity index is 1.67. The van der Waals surface area contributed by atoms with Gasteiger partial charge in [-0.25, -0.2) is 14.9 Å². The summed E-state index contributed by atoms with van der Waals surface area (Å²) in [6.45, 7) is 6.11. The van der Waals surface area contributed by atoms with E-state index in [-0.39, 0.29) is 11.5 Å². The van der Waals surface area contributed by atoms with Crippen LogP contribution in [-0.2, 0) is 11.4 Å². The number of alkyl halides is 1. The molecule has 0 spiro atoms. The molecule has 0 unspecified atom stereocenters. The summed E-state index contributed by atoms with van der Waals surface area (Å²) in [7, 11) is 0. The van der Waals surface area contributed by atoms with Crippen LogP contribution in [0.5, 0.6) is 0 Å². The van der Waals surface area contributed by atoms with Crippen molar-refractivity contribution in [1.82, 2.24) is 19.9 Å². The molecule has 0 aliphatic carbocycles. The Morgan fingerprint density at radius 2 is 2.00 bits per heavy atom. The van der Waals surface area contributed by atoms with E-state index in [1.165, 1.54) is 10.9 Å². The van der Waals surface area contributed by atoms with Crippen LogP contribution in [0.4, 0.5) is 4.39 Å². The van der Waals surface area contributed by atoms with Gasteiger partial charge in [-0.05, 0) is 62.1 Å². The smallest absolute Gasteiger partial charge is 0.274 e. The number of nitrogens with zero attached hydrogens (tertiary/aromatic N) is 3. The molecular weight excluding hydrogens is 411 g/mol. The van der Waals surface area contributed by atoms with Gasteiger partial charge in [0.15, 0.2) is 0 Å². The van der Waals surface area contributed by atoms with Gasteiger partial charge >= 0.3 is 0 Å². The molecular formula is C24H27FN4O3. The van der Waals surface area contributed by atoms with E-state index in [1.807, 2.05) is 25.1 Å². The van der Waals surface area contributed by atoms with Gasteiger partial charge in [0.2, 0.25) is 0 Å². The summed E-state index contributed by atoms with van der Waals surface area (Å²) in [6.07, 6.45) is 1.88. The number of amides is 1. The van der Waals surface area contributed by atoms with Gasteiger partial charge in [-0.3, -0.25) is 23.9 Å². The molecule has 32 heavy (non-hydrogen) atoms. The summed E-state index contributed by atoms with van der Waals surface area (Å²) >= 11 is 0. The Hall–Kier alpha value is -3.10. The molecule has 1 aliphatic heterocycles. The number of benzene rings is 2. The zero-order valence-electron chi connectivity index (χ0n) is 18.3. The van der Waals surface area contributed by atoms with Crippen molar-refractivity contribution in [3.63, 3.8) is 0 Å². The van der Waals surface area contributed by atoms with Gasteiger partial charge in [0, 0.05) is 25.2 Å². The van der Waals surface area contributed by atoms with E-state index >= 15 is 0 Å². The number of likely N-dealkylation sites (tertiary alicyclic amines) is 1. The van der Waals surface area contributed by atoms with E-state index in [4.69, 9.17) is 4.84 Å². The van der Waals surface area contributed by atoms with Crippen LogP contribution in [-0.4, -0.2) is 46.2 Å². The predicted octanol–water partition coefficient (Wildman–Crippen LogP) is 3.31. The summed E-state index contributed by atoms with van der Waals surface area (Å²) in [5, 5.41) is 0.508. The summed E-state index contributed by atoms with van der Waals surface area (Å²) in [5.41, 5.74) is 5.58. The molecule has 0 atom stereocenters. The number of hydroxylamine groups is 1. The molecule has 0 saturated carbocycles. The Morgan fingerprint density at radius 1 is 1.22 bits per heavy atom. The molecule has 1 N–H and O–H groups in total. The maximum absolute atomic E-state index is 13.4. The zero-order chi connectivity index (χ0) is 22.7. The second-order valence-electron chi connectivity index (χ2n) is 8.09. The number of nitrogens with one attached hydrogen (secondary N) is 1. The van der Waals surface area contributed by atoms with Crippen LogP contribution < -0.4 is 11.0 Å². The quantitative estimate of drug-likeness (QED) is 0.598. The summed E-state index contributed by atoms with van der Waals surface area (Å²) in [5.74, 6) is -0.380. The highest BCUT2D eigenvalue weighted by Gasteiger charge is 2.19. The Morgan fingerprint density at radius 3 is 2.75 bits per heavy atom. The van der Waals surface area contributed by atoms with Gasteiger partial charge in [-0.15, -0.1) is 0 Å². The monoisotopic (exact) mass is 438 g/mol. The number of aromatic nitrogens is 2. The lowest BCUT2D eigenvalue weighted by molar-refractivity contribution is 0.0364. The Bertz CT molecular complexity index is 1190. The lowest BCUT2D eigenvalue weighted by atomic mass is 10.1. The van der Waals surface area contributed by atoms with E-state index < -0.39 is 6.17 Å². The fourth-order valence-corrected chi connectivity index (χ4v) is 3.96. The van der Waals surface area contributed by atoms with Crippen molar-refractivity contribution >= 4 is 16.8 Å². The van der Waals surface area contributed by atoms with E-state index in [0.29, 0.717) is 61.2 Å². The third-order valence-corrected chi connectivity index (χ3v) is 5.79. The van der Waals surface area contributed by atoms with Gasteiger partial charge < -0.3 is 0 Å². The van der Waals surface area contributed by atoms with Crippen molar-refractivity contribution in [1.29, 1.82) is 0 Å². The van der Waals surface area contributed by atoms with Gasteiger partial charge in [0.05, 0.1) is 23.2 Å². The molecule has 2 aromatic carbocycles. The zero-order valence-corrected chi connectivity index (χ0v) is 18.3. The Kier molecular flexibility index (Phi) is 6.62. The lowest BCUT2D eigenvalue weighted by Gasteiger charge is -2.28. The normalized spacial score (nSPS) is 15.2. The van der Waals surface area contributed by atoms with Crippen molar-refractivity contribution in [3.05, 3.63) is 69.8 Å². The molecule has 2 heterocycles. The molecule has 168 valence electrons. The van der Waals surface area contributed by atoms with Crippen molar-refractivity contribution in [2.45, 2.75) is 39.4 Å². The first kappa shape index (κ1) is 22.1. The second kappa shape index (κ2) is 9.58. The van der Waals surface area contributed by atoms with Crippen LogP contribution in [0.2, 0.25) is 0 Å². The molecule has 1 fully saturated rings. The minimum atomic E-state index is -0.714. The van der Waals surface area contributed by atoms with Crippen LogP contribution in [0.1, 0.15) is 41.3 Å². The van der Waals surface area contributed by atoms with Crippen LogP contribution in [0.3, 0.4) is 0 Å². The molecule has 1 aliphatic rings. The predicted molar refractivity (Wildman–Crippen MR) is 121 cm³/mol. The first-order valence-corrected chi connectivity index (χ1v) is 10.9. The van der Waals surface area contributed by atoms with Crippen LogP contribution in [0.15, 0.2) is 47.5 Å². The van der Waals surface area contributed by atoms with Gasteiger partial charge in [0.25, 0.3) is 11.5 Å². The lowest BCUT2D eigenvalue weighted by Crippen LogP contribution is -2.33. The largest absolute Gasteiger partial charge is 0.299 e. The maximum Gasteiger partial charge on any atom is 0.274 e. The molecule has 4 rings (SSSR count).